The molecule has 8 heteroatoms. The molecule has 2 aromatic carbocycles. The molecule has 26 heavy (non-hydrogen) atoms. The zero-order valence-electron chi connectivity index (χ0n) is 13.9. The van der Waals surface area contributed by atoms with E-state index in [0.717, 1.165) is 5.56 Å². The van der Waals surface area contributed by atoms with Crippen LogP contribution < -0.4 is 10.7 Å². The van der Waals surface area contributed by atoms with Crippen molar-refractivity contribution >= 4 is 58.5 Å². The summed E-state index contributed by atoms with van der Waals surface area (Å²) >= 11 is 17.8. The second-order valence-corrected chi connectivity index (χ2v) is 6.67. The fraction of sp³-hybridized carbons (Fsp3) is 0.167. The number of carbonyl (C=O) groups excluding carboxylic acids is 2. The van der Waals surface area contributed by atoms with Gasteiger partial charge in [0.2, 0.25) is 11.8 Å². The summed E-state index contributed by atoms with van der Waals surface area (Å²) < 4.78 is 0. The molecule has 2 aromatic rings. The van der Waals surface area contributed by atoms with Crippen LogP contribution >= 0.6 is 34.8 Å². The second-order valence-electron chi connectivity index (χ2n) is 5.42. The van der Waals surface area contributed by atoms with Crippen LogP contribution in [0.1, 0.15) is 24.0 Å². The maximum absolute atomic E-state index is 11.9. The van der Waals surface area contributed by atoms with Crippen LogP contribution in [-0.2, 0) is 9.59 Å². The minimum absolute atomic E-state index is 0.00284. The Morgan fingerprint density at radius 2 is 1.77 bits per heavy atom. The zero-order valence-corrected chi connectivity index (χ0v) is 16.1. The molecule has 0 aliphatic carbocycles. The van der Waals surface area contributed by atoms with E-state index in [9.17, 15) is 9.59 Å². The molecule has 0 heterocycles. The van der Waals surface area contributed by atoms with Crippen LogP contribution in [0.4, 0.5) is 5.69 Å². The quantitative estimate of drug-likeness (QED) is 0.527. The lowest BCUT2D eigenvalue weighted by Gasteiger charge is -2.09. The third-order valence-corrected chi connectivity index (χ3v) is 4.45. The SMILES string of the molecule is Cc1c(Cl)cccc1NC(=O)CCC(=O)N/N=C\c1ccc(Cl)cc1Cl. The number of carbonyl (C=O) groups is 2. The molecule has 0 fully saturated rings. The van der Waals surface area contributed by atoms with E-state index in [1.54, 1.807) is 43.3 Å². The van der Waals surface area contributed by atoms with E-state index in [0.29, 0.717) is 26.3 Å². The summed E-state index contributed by atoms with van der Waals surface area (Å²) in [6, 6.07) is 10.2. The summed E-state index contributed by atoms with van der Waals surface area (Å²) in [7, 11) is 0. The second kappa shape index (κ2) is 9.57. The van der Waals surface area contributed by atoms with Crippen LogP contribution in [0.2, 0.25) is 15.1 Å². The predicted octanol–water partition coefficient (Wildman–Crippen LogP) is 4.82. The maximum Gasteiger partial charge on any atom is 0.240 e. The standard InChI is InChI=1S/C18H16Cl3N3O2/c1-11-14(20)3-2-4-16(11)23-17(25)7-8-18(26)24-22-10-12-5-6-13(19)9-15(12)21/h2-6,9-10H,7-8H2,1H3,(H,23,25)(H,24,26)/b22-10-. The molecule has 0 bridgehead atoms. The van der Waals surface area contributed by atoms with Crippen LogP contribution in [-0.4, -0.2) is 18.0 Å². The minimum Gasteiger partial charge on any atom is -0.326 e. The van der Waals surface area contributed by atoms with E-state index in [4.69, 9.17) is 34.8 Å². The van der Waals surface area contributed by atoms with Crippen molar-refractivity contribution in [1.82, 2.24) is 5.43 Å². The van der Waals surface area contributed by atoms with Gasteiger partial charge in [-0.05, 0) is 36.8 Å². The fourth-order valence-corrected chi connectivity index (χ4v) is 2.65. The number of hydrogen-bond acceptors (Lipinski definition) is 3. The first-order valence-corrected chi connectivity index (χ1v) is 8.82. The van der Waals surface area contributed by atoms with Gasteiger partial charge < -0.3 is 5.32 Å². The number of hydrogen-bond donors (Lipinski definition) is 2. The van der Waals surface area contributed by atoms with Gasteiger partial charge in [0.15, 0.2) is 0 Å². The normalized spacial score (nSPS) is 10.8. The molecule has 0 radical (unpaired) electrons. The Kier molecular flexibility index (Phi) is 7.45. The number of nitrogens with one attached hydrogen (secondary N) is 2. The third kappa shape index (κ3) is 6.02. The smallest absolute Gasteiger partial charge is 0.240 e. The number of nitrogens with zero attached hydrogens (tertiary/aromatic N) is 1. The molecule has 0 unspecified atom stereocenters. The van der Waals surface area contributed by atoms with Gasteiger partial charge in [-0.3, -0.25) is 9.59 Å². The van der Waals surface area contributed by atoms with Crippen LogP contribution in [0.5, 0.6) is 0 Å². The highest BCUT2D eigenvalue weighted by Gasteiger charge is 2.09. The highest BCUT2D eigenvalue weighted by Crippen LogP contribution is 2.23. The third-order valence-electron chi connectivity index (χ3n) is 3.48. The first-order chi connectivity index (χ1) is 12.4. The van der Waals surface area contributed by atoms with Crippen molar-refractivity contribution in [3.63, 3.8) is 0 Å². The Morgan fingerprint density at radius 3 is 2.50 bits per heavy atom. The van der Waals surface area contributed by atoms with Crippen molar-refractivity contribution in [3.05, 3.63) is 62.6 Å². The van der Waals surface area contributed by atoms with Gasteiger partial charge in [-0.25, -0.2) is 5.43 Å². The highest BCUT2D eigenvalue weighted by molar-refractivity contribution is 6.36. The number of rotatable bonds is 6. The Bertz CT molecular complexity index is 854. The minimum atomic E-state index is -0.385. The van der Waals surface area contributed by atoms with Gasteiger partial charge in [-0.1, -0.05) is 46.9 Å². The number of hydrazone groups is 1. The lowest BCUT2D eigenvalue weighted by Crippen LogP contribution is -2.20. The van der Waals surface area contributed by atoms with Crippen LogP contribution in [0.15, 0.2) is 41.5 Å². The van der Waals surface area contributed by atoms with Gasteiger partial charge in [0, 0.05) is 34.1 Å². The van der Waals surface area contributed by atoms with E-state index in [2.05, 4.69) is 15.8 Å². The maximum atomic E-state index is 11.9. The van der Waals surface area contributed by atoms with Crippen molar-refractivity contribution in [2.45, 2.75) is 19.8 Å². The van der Waals surface area contributed by atoms with Crippen LogP contribution in [0, 0.1) is 6.92 Å². The molecule has 2 amide bonds. The Labute approximate surface area is 166 Å². The summed E-state index contributed by atoms with van der Waals surface area (Å²) in [5, 5.41) is 8.05. The molecular weight excluding hydrogens is 397 g/mol. The number of halogens is 3. The molecule has 0 spiro atoms. The Morgan fingerprint density at radius 1 is 1.04 bits per heavy atom. The van der Waals surface area contributed by atoms with E-state index < -0.39 is 0 Å². The summed E-state index contributed by atoms with van der Waals surface area (Å²) in [5.41, 5.74) is 4.36. The first kappa shape index (κ1) is 20.2. The zero-order chi connectivity index (χ0) is 19.1. The van der Waals surface area contributed by atoms with E-state index >= 15 is 0 Å². The fourth-order valence-electron chi connectivity index (χ4n) is 2.02. The number of benzene rings is 2. The first-order valence-electron chi connectivity index (χ1n) is 7.68. The average molecular weight is 413 g/mol. The van der Waals surface area contributed by atoms with Crippen molar-refractivity contribution < 1.29 is 9.59 Å². The monoisotopic (exact) mass is 411 g/mol. The highest BCUT2D eigenvalue weighted by atomic mass is 35.5. The molecule has 0 aliphatic rings. The topological polar surface area (TPSA) is 70.6 Å². The lowest BCUT2D eigenvalue weighted by atomic mass is 10.2. The molecule has 0 saturated heterocycles. The molecular formula is C18H16Cl3N3O2. The Balaban J connectivity index is 1.80. The molecule has 5 nitrogen and oxygen atoms in total. The van der Waals surface area contributed by atoms with Crippen LogP contribution in [0.3, 0.4) is 0 Å². The van der Waals surface area contributed by atoms with Gasteiger partial charge in [0.05, 0.1) is 11.2 Å². The van der Waals surface area contributed by atoms with E-state index in [1.165, 1.54) is 6.21 Å². The summed E-state index contributed by atoms with van der Waals surface area (Å²) in [5.74, 6) is -0.667. The van der Waals surface area contributed by atoms with Crippen LogP contribution in [0.25, 0.3) is 0 Å². The van der Waals surface area contributed by atoms with Crippen molar-refractivity contribution in [2.24, 2.45) is 5.10 Å². The van der Waals surface area contributed by atoms with Crippen molar-refractivity contribution in [1.29, 1.82) is 0 Å². The number of anilines is 1. The number of amides is 2. The summed E-state index contributed by atoms with van der Waals surface area (Å²) in [6.07, 6.45) is 1.43. The molecule has 0 aliphatic heterocycles. The molecule has 0 aromatic heterocycles. The Hall–Kier alpha value is -2.08. The lowest BCUT2D eigenvalue weighted by molar-refractivity contribution is -0.124. The predicted molar refractivity (Wildman–Crippen MR) is 106 cm³/mol. The van der Waals surface area contributed by atoms with E-state index in [1.807, 2.05) is 0 Å². The molecule has 2 rings (SSSR count). The van der Waals surface area contributed by atoms with Gasteiger partial charge in [-0.2, -0.15) is 5.10 Å². The van der Waals surface area contributed by atoms with E-state index in [-0.39, 0.29) is 24.7 Å². The summed E-state index contributed by atoms with van der Waals surface area (Å²) in [6.45, 7) is 1.81. The molecule has 0 saturated carbocycles. The van der Waals surface area contributed by atoms with Gasteiger partial charge >= 0.3 is 0 Å². The molecule has 2 N–H and O–H groups in total. The van der Waals surface area contributed by atoms with Gasteiger partial charge in [0.1, 0.15) is 0 Å². The van der Waals surface area contributed by atoms with Gasteiger partial charge in [0.25, 0.3) is 0 Å². The van der Waals surface area contributed by atoms with Crippen molar-refractivity contribution in [2.75, 3.05) is 5.32 Å². The average Bonchev–Trinajstić information content (AvgIpc) is 2.59. The summed E-state index contributed by atoms with van der Waals surface area (Å²) in [4.78, 5) is 23.7. The molecule has 0 atom stereocenters. The molecule has 136 valence electrons. The van der Waals surface area contributed by atoms with Gasteiger partial charge in [-0.15, -0.1) is 0 Å². The largest absolute Gasteiger partial charge is 0.326 e. The van der Waals surface area contributed by atoms with Crippen molar-refractivity contribution in [3.8, 4) is 0 Å².